The predicted octanol–water partition coefficient (Wildman–Crippen LogP) is 3.87. The minimum absolute atomic E-state index is 0.403. The fourth-order valence-corrected chi connectivity index (χ4v) is 3.87. The van der Waals surface area contributed by atoms with Gasteiger partial charge < -0.3 is 29.0 Å². The molecule has 1 radical (unpaired) electrons. The summed E-state index contributed by atoms with van der Waals surface area (Å²) in [5.74, 6) is 2.39. The zero-order valence-electron chi connectivity index (χ0n) is 17.1. The number of hydrogen-bond donors (Lipinski definition) is 2. The molecule has 2 heterocycles. The Hall–Kier alpha value is -2.38. The zero-order chi connectivity index (χ0) is 20.8. The first-order valence-electron chi connectivity index (χ1n) is 9.79. The van der Waals surface area contributed by atoms with Crippen LogP contribution in [0.1, 0.15) is 63.9 Å². The molecule has 2 aliphatic rings. The summed E-state index contributed by atoms with van der Waals surface area (Å²) in [7, 11) is 1.23. The lowest BCUT2D eigenvalue weighted by Crippen LogP contribution is -2.34. The van der Waals surface area contributed by atoms with Crippen molar-refractivity contribution in [3.8, 4) is 23.0 Å². The van der Waals surface area contributed by atoms with Gasteiger partial charge in [0.05, 0.1) is 12.2 Å². The summed E-state index contributed by atoms with van der Waals surface area (Å²) >= 11 is 0. The van der Waals surface area contributed by atoms with Crippen molar-refractivity contribution in [3.05, 3.63) is 47.5 Å². The molecule has 0 saturated carbocycles. The molecule has 0 fully saturated rings. The molecule has 2 atom stereocenters. The first kappa shape index (κ1) is 19.9. The highest BCUT2D eigenvalue weighted by molar-refractivity contribution is 6.20. The van der Waals surface area contributed by atoms with Gasteiger partial charge in [-0.25, -0.2) is 0 Å². The predicted molar refractivity (Wildman–Crippen MR) is 108 cm³/mol. The molecule has 2 aromatic rings. The van der Waals surface area contributed by atoms with E-state index in [2.05, 4.69) is 0 Å². The standard InChI is InChI=1S/C22H26BO6/c1-21(2)11-17(24)15-9-13(5-7-19(15)26-21)28-23-29-14-6-8-20-16(10-14)18(25)12-22(3,4)27-20/h5-10,17-18,24-25H,11-12H2,1-4H3. The maximum absolute atomic E-state index is 10.4. The van der Waals surface area contributed by atoms with Gasteiger partial charge in [-0.15, -0.1) is 0 Å². The second kappa shape index (κ2) is 7.15. The highest BCUT2D eigenvalue weighted by Crippen LogP contribution is 2.42. The van der Waals surface area contributed by atoms with Gasteiger partial charge in [0.15, 0.2) is 0 Å². The van der Waals surface area contributed by atoms with Crippen LogP contribution in [-0.2, 0) is 0 Å². The Morgan fingerprint density at radius 2 is 1.21 bits per heavy atom. The lowest BCUT2D eigenvalue weighted by Gasteiger charge is -2.35. The van der Waals surface area contributed by atoms with Crippen LogP contribution < -0.4 is 18.8 Å². The molecule has 2 unspecified atom stereocenters. The third-order valence-corrected chi connectivity index (χ3v) is 5.19. The topological polar surface area (TPSA) is 77.4 Å². The number of hydrogen-bond acceptors (Lipinski definition) is 6. The van der Waals surface area contributed by atoms with Gasteiger partial charge in [-0.2, -0.15) is 0 Å². The fourth-order valence-electron chi connectivity index (χ4n) is 3.87. The van der Waals surface area contributed by atoms with Crippen molar-refractivity contribution in [3.63, 3.8) is 0 Å². The molecular weight excluding hydrogens is 371 g/mol. The summed E-state index contributed by atoms with van der Waals surface area (Å²) in [6.45, 7) is 7.80. The van der Waals surface area contributed by atoms with Gasteiger partial charge >= 0.3 is 7.69 Å². The van der Waals surface area contributed by atoms with Crippen LogP contribution in [0.2, 0.25) is 0 Å². The second-order valence-electron chi connectivity index (χ2n) is 8.89. The van der Waals surface area contributed by atoms with E-state index < -0.39 is 23.4 Å². The summed E-state index contributed by atoms with van der Waals surface area (Å²) in [6, 6.07) is 10.6. The van der Waals surface area contributed by atoms with Gasteiger partial charge in [-0.3, -0.25) is 0 Å². The van der Waals surface area contributed by atoms with E-state index in [1.807, 2.05) is 27.7 Å². The number of aliphatic hydroxyl groups excluding tert-OH is 2. The largest absolute Gasteiger partial charge is 0.658 e. The van der Waals surface area contributed by atoms with Crippen LogP contribution in [0.3, 0.4) is 0 Å². The van der Waals surface area contributed by atoms with Crippen LogP contribution in [0.5, 0.6) is 23.0 Å². The summed E-state index contributed by atoms with van der Waals surface area (Å²) in [4.78, 5) is 0. The van der Waals surface area contributed by atoms with Crippen LogP contribution in [0.15, 0.2) is 36.4 Å². The van der Waals surface area contributed by atoms with Crippen LogP contribution in [0, 0.1) is 0 Å². The molecule has 29 heavy (non-hydrogen) atoms. The Morgan fingerprint density at radius 3 is 1.62 bits per heavy atom. The highest BCUT2D eigenvalue weighted by Gasteiger charge is 2.34. The van der Waals surface area contributed by atoms with Crippen LogP contribution in [0.25, 0.3) is 0 Å². The molecule has 4 rings (SSSR count). The van der Waals surface area contributed by atoms with Gasteiger partial charge in [0.25, 0.3) is 0 Å². The monoisotopic (exact) mass is 397 g/mol. The van der Waals surface area contributed by atoms with Gasteiger partial charge in [0.1, 0.15) is 34.2 Å². The molecule has 0 amide bonds. The van der Waals surface area contributed by atoms with E-state index in [1.165, 1.54) is 7.69 Å². The first-order valence-corrected chi connectivity index (χ1v) is 9.79. The number of ether oxygens (including phenoxy) is 2. The van der Waals surface area contributed by atoms with Gasteiger partial charge in [0.2, 0.25) is 0 Å². The molecule has 2 aliphatic heterocycles. The summed E-state index contributed by atoms with van der Waals surface area (Å²) in [6.07, 6.45) is -0.186. The van der Waals surface area contributed by atoms with E-state index in [-0.39, 0.29) is 0 Å². The fraction of sp³-hybridized carbons (Fsp3) is 0.455. The maximum atomic E-state index is 10.4. The third-order valence-electron chi connectivity index (χ3n) is 5.19. The lowest BCUT2D eigenvalue weighted by molar-refractivity contribution is 0.0108. The Kier molecular flexibility index (Phi) is 4.91. The van der Waals surface area contributed by atoms with E-state index >= 15 is 0 Å². The normalized spacial score (nSPS) is 23.7. The minimum Gasteiger partial charge on any atom is -0.526 e. The second-order valence-corrected chi connectivity index (χ2v) is 8.89. The summed E-state index contributed by atoms with van der Waals surface area (Å²) in [5.41, 5.74) is 0.596. The average molecular weight is 397 g/mol. The van der Waals surface area contributed by atoms with Crippen molar-refractivity contribution in [1.29, 1.82) is 0 Å². The Labute approximate surface area is 171 Å². The maximum Gasteiger partial charge on any atom is 0.658 e. The lowest BCUT2D eigenvalue weighted by atomic mass is 9.91. The van der Waals surface area contributed by atoms with Crippen LogP contribution in [-0.4, -0.2) is 29.1 Å². The van der Waals surface area contributed by atoms with E-state index in [0.29, 0.717) is 47.0 Å². The van der Waals surface area contributed by atoms with Crippen molar-refractivity contribution in [1.82, 2.24) is 0 Å². The average Bonchev–Trinajstić information content (AvgIpc) is 2.61. The number of aliphatic hydroxyl groups is 2. The Bertz CT molecular complexity index is 837. The van der Waals surface area contributed by atoms with Crippen LogP contribution >= 0.6 is 0 Å². The van der Waals surface area contributed by atoms with E-state index in [4.69, 9.17) is 18.8 Å². The zero-order valence-corrected chi connectivity index (χ0v) is 17.1. The van der Waals surface area contributed by atoms with Crippen molar-refractivity contribution in [2.45, 2.75) is 63.9 Å². The quantitative estimate of drug-likeness (QED) is 0.763. The molecule has 6 nitrogen and oxygen atoms in total. The molecule has 0 bridgehead atoms. The van der Waals surface area contributed by atoms with Gasteiger partial charge in [-0.05, 0) is 64.1 Å². The van der Waals surface area contributed by atoms with Crippen LogP contribution in [0.4, 0.5) is 0 Å². The Morgan fingerprint density at radius 1 is 0.793 bits per heavy atom. The summed E-state index contributed by atoms with van der Waals surface area (Å²) < 4.78 is 23.0. The van der Waals surface area contributed by atoms with Gasteiger partial charge in [0, 0.05) is 24.0 Å². The number of fused-ring (bicyclic) bond motifs is 2. The molecular formula is C22H26BO6. The highest BCUT2D eigenvalue weighted by atomic mass is 16.6. The number of benzene rings is 2. The SMILES string of the molecule is CC1(C)CC(O)c2cc(O[B]Oc3ccc4c(c3)C(O)CC(C)(C)O4)ccc2O1. The number of rotatable bonds is 4. The molecule has 2 aromatic carbocycles. The van der Waals surface area contributed by atoms with Crippen molar-refractivity contribution >= 4 is 7.69 Å². The molecule has 7 heteroatoms. The van der Waals surface area contributed by atoms with Crippen molar-refractivity contribution in [2.24, 2.45) is 0 Å². The Balaban J connectivity index is 1.40. The molecule has 153 valence electrons. The van der Waals surface area contributed by atoms with Crippen molar-refractivity contribution < 1.29 is 29.0 Å². The van der Waals surface area contributed by atoms with Gasteiger partial charge in [-0.1, -0.05) is 0 Å². The van der Waals surface area contributed by atoms with E-state index in [9.17, 15) is 10.2 Å². The minimum atomic E-state index is -0.607. The molecule has 0 aliphatic carbocycles. The third kappa shape index (κ3) is 4.31. The van der Waals surface area contributed by atoms with Crippen molar-refractivity contribution in [2.75, 3.05) is 0 Å². The van der Waals surface area contributed by atoms with E-state index in [1.54, 1.807) is 36.4 Å². The van der Waals surface area contributed by atoms with E-state index in [0.717, 1.165) is 0 Å². The molecule has 0 spiro atoms. The molecule has 0 saturated heterocycles. The smallest absolute Gasteiger partial charge is 0.526 e. The molecule has 2 N–H and O–H groups in total. The molecule has 0 aromatic heterocycles. The summed E-state index contributed by atoms with van der Waals surface area (Å²) in [5, 5.41) is 20.8. The first-order chi connectivity index (χ1) is 13.6.